The van der Waals surface area contributed by atoms with Crippen LogP contribution in [0.4, 0.5) is 23.7 Å². The van der Waals surface area contributed by atoms with Crippen molar-refractivity contribution in [3.05, 3.63) is 64.7 Å². The van der Waals surface area contributed by atoms with E-state index in [1.165, 1.54) is 11.1 Å². The molecule has 36 heavy (non-hydrogen) atoms. The van der Waals surface area contributed by atoms with Crippen molar-refractivity contribution in [2.45, 2.75) is 44.9 Å². The molecule has 0 spiro atoms. The first kappa shape index (κ1) is 27.0. The minimum atomic E-state index is -4.69. The second-order valence-corrected chi connectivity index (χ2v) is 8.78. The van der Waals surface area contributed by atoms with E-state index in [4.69, 9.17) is 5.73 Å². The Morgan fingerprint density at radius 2 is 1.78 bits per heavy atom. The number of hydrogen-bond acceptors (Lipinski definition) is 4. The quantitative estimate of drug-likeness (QED) is 0.419. The van der Waals surface area contributed by atoms with Crippen LogP contribution in [0.25, 0.3) is 0 Å². The van der Waals surface area contributed by atoms with Gasteiger partial charge < -0.3 is 21.7 Å². The van der Waals surface area contributed by atoms with E-state index in [1.54, 1.807) is 0 Å². The molecule has 8 nitrogen and oxygen atoms in total. The van der Waals surface area contributed by atoms with E-state index in [9.17, 15) is 27.6 Å². The van der Waals surface area contributed by atoms with Crippen LogP contribution in [0.2, 0.25) is 0 Å². The summed E-state index contributed by atoms with van der Waals surface area (Å²) in [6.45, 7) is 3.93. The lowest BCUT2D eigenvalue weighted by Gasteiger charge is -2.17. The molecule has 194 valence electrons. The summed E-state index contributed by atoms with van der Waals surface area (Å²) in [5, 5.41) is 7.27. The van der Waals surface area contributed by atoms with Gasteiger partial charge in [0.05, 0.1) is 23.4 Å². The number of likely N-dealkylation sites (tertiary alicyclic amines) is 1. The van der Waals surface area contributed by atoms with Crippen molar-refractivity contribution in [2.75, 3.05) is 25.0 Å². The van der Waals surface area contributed by atoms with Gasteiger partial charge in [-0.1, -0.05) is 37.6 Å². The zero-order chi connectivity index (χ0) is 26.3. The maximum atomic E-state index is 13.1. The standard InChI is InChI=1S/C25H30F3N5O3/c1-2-3-16-4-6-17(7-5-16)14-33-11-10-19(15-33)31-22(34)13-30-23(35)20-12-18(25(26,27)28)8-9-21(20)32-24(29)36/h4-9,12,19H,2-3,10-11,13-15H2,1H3,(H,30,35)(H,31,34)(H3,29,32,36)/t19-/m0/s1. The molecule has 1 saturated heterocycles. The van der Waals surface area contributed by atoms with E-state index in [0.717, 1.165) is 44.5 Å². The van der Waals surface area contributed by atoms with Gasteiger partial charge in [-0.3, -0.25) is 14.5 Å². The van der Waals surface area contributed by atoms with Gasteiger partial charge in [0.15, 0.2) is 0 Å². The van der Waals surface area contributed by atoms with Crippen LogP contribution < -0.4 is 21.7 Å². The molecule has 0 unspecified atom stereocenters. The summed E-state index contributed by atoms with van der Waals surface area (Å²) in [6.07, 6.45) is -1.80. The van der Waals surface area contributed by atoms with Gasteiger partial charge in [0.25, 0.3) is 5.91 Å². The number of amides is 4. The molecule has 0 saturated carbocycles. The summed E-state index contributed by atoms with van der Waals surface area (Å²) in [6, 6.07) is 9.61. The first-order valence-corrected chi connectivity index (χ1v) is 11.7. The van der Waals surface area contributed by atoms with Crippen molar-refractivity contribution < 1.29 is 27.6 Å². The molecule has 2 aromatic carbocycles. The van der Waals surface area contributed by atoms with Crippen LogP contribution in [0.1, 0.15) is 46.8 Å². The van der Waals surface area contributed by atoms with Gasteiger partial charge in [0.2, 0.25) is 5.91 Å². The number of urea groups is 1. The Labute approximate surface area is 207 Å². The number of halogens is 3. The van der Waals surface area contributed by atoms with E-state index >= 15 is 0 Å². The fourth-order valence-corrected chi connectivity index (χ4v) is 4.14. The number of rotatable bonds is 9. The molecular weight excluding hydrogens is 475 g/mol. The minimum absolute atomic E-state index is 0.102. The smallest absolute Gasteiger partial charge is 0.351 e. The van der Waals surface area contributed by atoms with Gasteiger partial charge in [-0.2, -0.15) is 13.2 Å². The van der Waals surface area contributed by atoms with Gasteiger partial charge in [-0.05, 0) is 42.2 Å². The third-order valence-electron chi connectivity index (χ3n) is 5.86. The van der Waals surface area contributed by atoms with Crippen LogP contribution in [0, 0.1) is 0 Å². The predicted octanol–water partition coefficient (Wildman–Crippen LogP) is 3.27. The Balaban J connectivity index is 1.51. The number of anilines is 1. The van der Waals surface area contributed by atoms with Gasteiger partial charge in [-0.15, -0.1) is 0 Å². The van der Waals surface area contributed by atoms with E-state index in [2.05, 4.69) is 52.0 Å². The van der Waals surface area contributed by atoms with Gasteiger partial charge in [0.1, 0.15) is 0 Å². The van der Waals surface area contributed by atoms with Crippen molar-refractivity contribution in [3.63, 3.8) is 0 Å². The molecule has 1 aliphatic rings. The van der Waals surface area contributed by atoms with Crippen LogP contribution in [0.5, 0.6) is 0 Å². The molecule has 1 heterocycles. The van der Waals surface area contributed by atoms with Gasteiger partial charge >= 0.3 is 12.2 Å². The topological polar surface area (TPSA) is 117 Å². The molecule has 0 bridgehead atoms. The molecule has 1 fully saturated rings. The lowest BCUT2D eigenvalue weighted by Crippen LogP contribution is -2.43. The molecule has 1 atom stereocenters. The summed E-state index contributed by atoms with van der Waals surface area (Å²) in [7, 11) is 0. The summed E-state index contributed by atoms with van der Waals surface area (Å²) >= 11 is 0. The van der Waals surface area contributed by atoms with Gasteiger partial charge in [-0.25, -0.2) is 4.79 Å². The van der Waals surface area contributed by atoms with Crippen LogP contribution in [-0.2, 0) is 23.9 Å². The number of alkyl halides is 3. The zero-order valence-corrected chi connectivity index (χ0v) is 20.0. The molecule has 4 amide bonds. The predicted molar refractivity (Wildman–Crippen MR) is 129 cm³/mol. The summed E-state index contributed by atoms with van der Waals surface area (Å²) < 4.78 is 39.2. The van der Waals surface area contributed by atoms with E-state index in [-0.39, 0.29) is 11.7 Å². The van der Waals surface area contributed by atoms with Crippen LogP contribution in [0.3, 0.4) is 0 Å². The molecule has 11 heteroatoms. The maximum Gasteiger partial charge on any atom is 0.416 e. The SMILES string of the molecule is CCCc1ccc(CN2CC[C@H](NC(=O)CNC(=O)c3cc(C(F)(F)F)ccc3NC(N)=O)C2)cc1. The highest BCUT2D eigenvalue weighted by molar-refractivity contribution is 6.04. The van der Waals surface area contributed by atoms with E-state index in [1.807, 2.05) is 0 Å². The molecule has 0 aliphatic carbocycles. The lowest BCUT2D eigenvalue weighted by atomic mass is 10.1. The highest BCUT2D eigenvalue weighted by Gasteiger charge is 2.32. The first-order valence-electron chi connectivity index (χ1n) is 11.7. The number of benzene rings is 2. The third-order valence-corrected chi connectivity index (χ3v) is 5.86. The monoisotopic (exact) mass is 505 g/mol. The number of primary amides is 1. The number of carbonyl (C=O) groups is 3. The second-order valence-electron chi connectivity index (χ2n) is 8.78. The van der Waals surface area contributed by atoms with Crippen LogP contribution in [-0.4, -0.2) is 48.4 Å². The zero-order valence-electron chi connectivity index (χ0n) is 20.0. The van der Waals surface area contributed by atoms with Crippen molar-refractivity contribution in [1.29, 1.82) is 0 Å². The summed E-state index contributed by atoms with van der Waals surface area (Å²) in [5.41, 5.74) is 5.82. The third kappa shape index (κ3) is 7.70. The minimum Gasteiger partial charge on any atom is -0.351 e. The number of aryl methyl sites for hydroxylation is 1. The molecule has 0 radical (unpaired) electrons. The fourth-order valence-electron chi connectivity index (χ4n) is 4.14. The van der Waals surface area contributed by atoms with Crippen LogP contribution >= 0.6 is 0 Å². The Bertz CT molecular complexity index is 1090. The summed E-state index contributed by atoms with van der Waals surface area (Å²) in [4.78, 5) is 38.3. The van der Waals surface area contributed by atoms with Crippen molar-refractivity contribution in [2.24, 2.45) is 5.73 Å². The van der Waals surface area contributed by atoms with Gasteiger partial charge in [0, 0.05) is 25.7 Å². The normalized spacial score (nSPS) is 15.9. The molecule has 1 aliphatic heterocycles. The number of nitrogens with zero attached hydrogens (tertiary/aromatic N) is 1. The number of nitrogens with one attached hydrogen (secondary N) is 3. The Hall–Kier alpha value is -3.60. The van der Waals surface area contributed by atoms with Crippen molar-refractivity contribution >= 4 is 23.5 Å². The van der Waals surface area contributed by atoms with Crippen LogP contribution in [0.15, 0.2) is 42.5 Å². The van der Waals surface area contributed by atoms with E-state index in [0.29, 0.717) is 12.6 Å². The average Bonchev–Trinajstić information content (AvgIpc) is 3.24. The highest BCUT2D eigenvalue weighted by atomic mass is 19.4. The Morgan fingerprint density at radius 3 is 2.42 bits per heavy atom. The Morgan fingerprint density at radius 1 is 1.08 bits per heavy atom. The molecule has 5 N–H and O–H groups in total. The van der Waals surface area contributed by atoms with Crippen molar-refractivity contribution in [3.8, 4) is 0 Å². The number of hydrogen-bond donors (Lipinski definition) is 4. The average molecular weight is 506 g/mol. The van der Waals surface area contributed by atoms with E-state index < -0.39 is 41.7 Å². The summed E-state index contributed by atoms with van der Waals surface area (Å²) in [5.74, 6) is -1.41. The molecule has 3 rings (SSSR count). The number of nitrogens with two attached hydrogens (primary N) is 1. The molecule has 2 aromatic rings. The molecule has 0 aromatic heterocycles. The molecular formula is C25H30F3N5O3. The lowest BCUT2D eigenvalue weighted by molar-refractivity contribution is -0.137. The first-order chi connectivity index (χ1) is 17.0. The Kier molecular flexibility index (Phi) is 8.92. The van der Waals surface area contributed by atoms with Crippen molar-refractivity contribution in [1.82, 2.24) is 15.5 Å². The number of carbonyl (C=O) groups excluding carboxylic acids is 3. The second kappa shape index (κ2) is 11.9. The largest absolute Gasteiger partial charge is 0.416 e. The fraction of sp³-hybridized carbons (Fsp3) is 0.400. The highest BCUT2D eigenvalue weighted by Crippen LogP contribution is 2.32. The maximum absolute atomic E-state index is 13.1.